The molecule has 16 heavy (non-hydrogen) atoms. The van der Waals surface area contributed by atoms with E-state index >= 15 is 0 Å². The monoisotopic (exact) mass is 223 g/mol. The molecule has 0 fully saturated rings. The van der Waals surface area contributed by atoms with Crippen LogP contribution in [0, 0.1) is 11.3 Å². The molecule has 0 radical (unpaired) electrons. The number of nitrogens with zero attached hydrogens (tertiary/aromatic N) is 4. The first-order chi connectivity index (χ1) is 7.31. The molecule has 0 aliphatic rings. The van der Waals surface area contributed by atoms with Gasteiger partial charge >= 0.3 is 6.09 Å². The summed E-state index contributed by atoms with van der Waals surface area (Å²) >= 11 is 0. The fraction of sp³-hybridized carbons (Fsp3) is 0.556. The van der Waals surface area contributed by atoms with Crippen LogP contribution in [0.1, 0.15) is 26.5 Å². The number of nitrogens with one attached hydrogen (secondary N) is 1. The average Bonchev–Trinajstić information content (AvgIpc) is 2.42. The number of rotatable bonds is 1. The van der Waals surface area contributed by atoms with Crippen molar-refractivity contribution in [3.63, 3.8) is 0 Å². The number of anilines is 1. The van der Waals surface area contributed by atoms with Crippen molar-refractivity contribution in [3.05, 3.63) is 5.69 Å². The highest BCUT2D eigenvalue weighted by atomic mass is 16.6. The van der Waals surface area contributed by atoms with Crippen LogP contribution >= 0.6 is 0 Å². The molecule has 0 aliphatic heterocycles. The highest BCUT2D eigenvalue weighted by molar-refractivity contribution is 5.84. The van der Waals surface area contributed by atoms with Gasteiger partial charge in [-0.1, -0.05) is 0 Å². The Morgan fingerprint density at radius 3 is 2.62 bits per heavy atom. The quantitative estimate of drug-likeness (QED) is 0.767. The maximum absolute atomic E-state index is 11.4. The number of hydrogen-bond donors (Lipinski definition) is 1. The molecule has 0 spiro atoms. The van der Waals surface area contributed by atoms with E-state index in [1.54, 1.807) is 27.8 Å². The Bertz CT molecular complexity index is 438. The van der Waals surface area contributed by atoms with Crippen LogP contribution in [0.3, 0.4) is 0 Å². The molecule has 7 nitrogen and oxygen atoms in total. The molecule has 0 saturated heterocycles. The molecule has 86 valence electrons. The van der Waals surface area contributed by atoms with Gasteiger partial charge in [0, 0.05) is 7.05 Å². The van der Waals surface area contributed by atoms with E-state index < -0.39 is 11.7 Å². The molecule has 1 aromatic rings. The first kappa shape index (κ1) is 12.0. The van der Waals surface area contributed by atoms with Crippen molar-refractivity contribution < 1.29 is 9.53 Å². The van der Waals surface area contributed by atoms with Gasteiger partial charge in [0.1, 0.15) is 11.7 Å². The molecule has 0 aliphatic carbocycles. The third-order valence-electron chi connectivity index (χ3n) is 1.44. The zero-order chi connectivity index (χ0) is 12.3. The van der Waals surface area contributed by atoms with Crippen LogP contribution in [0.2, 0.25) is 0 Å². The van der Waals surface area contributed by atoms with Crippen LogP contribution in [0.25, 0.3) is 0 Å². The van der Waals surface area contributed by atoms with Crippen LogP contribution in [0.4, 0.5) is 10.6 Å². The molecule has 0 atom stereocenters. The van der Waals surface area contributed by atoms with Crippen molar-refractivity contribution in [3.8, 4) is 6.07 Å². The van der Waals surface area contributed by atoms with Crippen molar-refractivity contribution in [1.82, 2.24) is 15.0 Å². The smallest absolute Gasteiger partial charge is 0.413 e. The minimum Gasteiger partial charge on any atom is -0.444 e. The lowest BCUT2D eigenvalue weighted by Crippen LogP contribution is -2.27. The lowest BCUT2D eigenvalue weighted by molar-refractivity contribution is 0.0635. The molecule has 1 N–H and O–H groups in total. The van der Waals surface area contributed by atoms with Gasteiger partial charge in [-0.25, -0.2) is 4.79 Å². The number of amides is 1. The van der Waals surface area contributed by atoms with E-state index in [4.69, 9.17) is 10.00 Å². The first-order valence-corrected chi connectivity index (χ1v) is 4.63. The normalized spacial score (nSPS) is 10.7. The fourth-order valence-corrected chi connectivity index (χ4v) is 0.966. The minimum atomic E-state index is -0.663. The molecule has 0 aromatic carbocycles. The molecule has 1 rings (SSSR count). The largest absolute Gasteiger partial charge is 0.444 e. The number of ether oxygens (including phenoxy) is 1. The Kier molecular flexibility index (Phi) is 3.13. The minimum absolute atomic E-state index is 0.0494. The topological polar surface area (TPSA) is 92.8 Å². The van der Waals surface area contributed by atoms with Gasteiger partial charge in [0.25, 0.3) is 0 Å². The van der Waals surface area contributed by atoms with E-state index in [2.05, 4.69) is 15.5 Å². The lowest BCUT2D eigenvalue weighted by Gasteiger charge is -2.18. The molecular weight excluding hydrogens is 210 g/mol. The summed E-state index contributed by atoms with van der Waals surface area (Å²) in [5.74, 6) is 0.0965. The maximum Gasteiger partial charge on any atom is 0.413 e. The maximum atomic E-state index is 11.4. The van der Waals surface area contributed by atoms with Crippen molar-refractivity contribution in [2.75, 3.05) is 5.32 Å². The summed E-state index contributed by atoms with van der Waals surface area (Å²) in [6, 6.07) is 1.82. The molecule has 0 bridgehead atoms. The lowest BCUT2D eigenvalue weighted by atomic mass is 10.2. The van der Waals surface area contributed by atoms with Crippen molar-refractivity contribution in [1.29, 1.82) is 5.26 Å². The standard InChI is InChI=1S/C9H13N5O2/c1-9(2,3)16-8(15)11-7-6(5-10)12-14(4)13-7/h1-4H3,(H,11,13,15). The van der Waals surface area contributed by atoms with E-state index in [9.17, 15) is 4.79 Å². The predicted octanol–water partition coefficient (Wildman–Crippen LogP) is 1.03. The zero-order valence-corrected chi connectivity index (χ0v) is 9.61. The summed E-state index contributed by atoms with van der Waals surface area (Å²) in [4.78, 5) is 12.6. The van der Waals surface area contributed by atoms with E-state index in [-0.39, 0.29) is 11.5 Å². The van der Waals surface area contributed by atoms with Gasteiger partial charge in [0.2, 0.25) is 5.69 Å². The predicted molar refractivity (Wildman–Crippen MR) is 55.6 cm³/mol. The molecular formula is C9H13N5O2. The summed E-state index contributed by atoms with van der Waals surface area (Å²) in [5.41, 5.74) is -0.549. The van der Waals surface area contributed by atoms with Crippen LogP contribution in [-0.4, -0.2) is 26.7 Å². The van der Waals surface area contributed by atoms with E-state index in [1.807, 2.05) is 6.07 Å². The van der Waals surface area contributed by atoms with Gasteiger partial charge in [-0.05, 0) is 20.8 Å². The van der Waals surface area contributed by atoms with Gasteiger partial charge in [-0.15, -0.1) is 10.2 Å². The van der Waals surface area contributed by atoms with E-state index in [0.717, 1.165) is 0 Å². The summed E-state index contributed by atoms with van der Waals surface area (Å²) in [6.45, 7) is 5.23. The molecule has 1 aromatic heterocycles. The van der Waals surface area contributed by atoms with Gasteiger partial charge in [0.05, 0.1) is 0 Å². The molecule has 7 heteroatoms. The Morgan fingerprint density at radius 1 is 1.50 bits per heavy atom. The number of carbonyl (C=O) groups is 1. The van der Waals surface area contributed by atoms with Crippen LogP contribution in [-0.2, 0) is 11.8 Å². The average molecular weight is 223 g/mol. The van der Waals surface area contributed by atoms with E-state index in [1.165, 1.54) is 4.80 Å². The Hall–Kier alpha value is -2.10. The number of carbonyl (C=O) groups excluding carboxylic acids is 1. The van der Waals surface area contributed by atoms with Crippen molar-refractivity contribution in [2.45, 2.75) is 26.4 Å². The summed E-state index contributed by atoms with van der Waals surface area (Å²) in [6.07, 6.45) is -0.663. The van der Waals surface area contributed by atoms with Gasteiger partial charge in [0.15, 0.2) is 5.82 Å². The van der Waals surface area contributed by atoms with Gasteiger partial charge < -0.3 is 4.74 Å². The Labute approximate surface area is 93.0 Å². The zero-order valence-electron chi connectivity index (χ0n) is 9.61. The van der Waals surface area contributed by atoms with Crippen molar-refractivity contribution in [2.24, 2.45) is 7.05 Å². The molecule has 0 saturated carbocycles. The third kappa shape index (κ3) is 3.24. The highest BCUT2D eigenvalue weighted by Gasteiger charge is 2.19. The summed E-state index contributed by atoms with van der Waals surface area (Å²) < 4.78 is 5.01. The summed E-state index contributed by atoms with van der Waals surface area (Å²) in [5, 5.41) is 18.7. The van der Waals surface area contributed by atoms with E-state index in [0.29, 0.717) is 0 Å². The third-order valence-corrected chi connectivity index (χ3v) is 1.44. The second-order valence-electron chi connectivity index (χ2n) is 4.13. The Balaban J connectivity index is 2.74. The number of aryl methyl sites for hydroxylation is 1. The van der Waals surface area contributed by atoms with Crippen molar-refractivity contribution >= 4 is 11.9 Å². The highest BCUT2D eigenvalue weighted by Crippen LogP contribution is 2.11. The Morgan fingerprint density at radius 2 is 2.12 bits per heavy atom. The van der Waals surface area contributed by atoms with Crippen LogP contribution in [0.5, 0.6) is 0 Å². The van der Waals surface area contributed by atoms with Gasteiger partial charge in [-0.3, -0.25) is 5.32 Å². The fourth-order valence-electron chi connectivity index (χ4n) is 0.966. The number of nitriles is 1. The summed E-state index contributed by atoms with van der Waals surface area (Å²) in [7, 11) is 1.56. The number of hydrogen-bond acceptors (Lipinski definition) is 5. The first-order valence-electron chi connectivity index (χ1n) is 4.63. The SMILES string of the molecule is Cn1nc(C#N)c(NC(=O)OC(C)(C)C)n1. The second-order valence-corrected chi connectivity index (χ2v) is 4.13. The van der Waals surface area contributed by atoms with Crippen LogP contribution in [0.15, 0.2) is 0 Å². The van der Waals surface area contributed by atoms with Gasteiger partial charge in [-0.2, -0.15) is 10.1 Å². The molecule has 0 unspecified atom stereocenters. The number of aromatic nitrogens is 3. The second kappa shape index (κ2) is 4.18. The van der Waals surface area contributed by atoms with Crippen LogP contribution < -0.4 is 5.32 Å². The molecule has 1 heterocycles. The molecule has 1 amide bonds.